The zero-order chi connectivity index (χ0) is 12.3. The van der Waals surface area contributed by atoms with Crippen LogP contribution in [-0.4, -0.2) is 17.6 Å². The number of ether oxygens (including phenoxy) is 1. The van der Waals surface area contributed by atoms with Crippen molar-refractivity contribution in [3.05, 3.63) is 20.9 Å². The highest BCUT2D eigenvalue weighted by molar-refractivity contribution is 14.1. The molecule has 3 nitrogen and oxygen atoms in total. The summed E-state index contributed by atoms with van der Waals surface area (Å²) >= 11 is 4.90. The maximum absolute atomic E-state index is 11.9. The van der Waals surface area contributed by atoms with Crippen molar-refractivity contribution in [1.29, 1.82) is 0 Å². The SMILES string of the molecule is O=Cc1cc(OC(F)(F)F)nc(CBr)c1I. The minimum absolute atomic E-state index is 0.115. The second-order valence-electron chi connectivity index (χ2n) is 2.61. The van der Waals surface area contributed by atoms with Crippen molar-refractivity contribution >= 4 is 44.8 Å². The molecule has 0 amide bonds. The predicted molar refractivity (Wildman–Crippen MR) is 61.7 cm³/mol. The van der Waals surface area contributed by atoms with Gasteiger partial charge in [-0.25, -0.2) is 4.98 Å². The monoisotopic (exact) mass is 409 g/mol. The van der Waals surface area contributed by atoms with Crippen LogP contribution in [-0.2, 0) is 5.33 Å². The third-order valence-electron chi connectivity index (χ3n) is 1.50. The third kappa shape index (κ3) is 3.58. The van der Waals surface area contributed by atoms with E-state index in [1.54, 1.807) is 0 Å². The van der Waals surface area contributed by atoms with Crippen LogP contribution >= 0.6 is 38.5 Å². The topological polar surface area (TPSA) is 39.2 Å². The van der Waals surface area contributed by atoms with Gasteiger partial charge in [0.25, 0.3) is 0 Å². The van der Waals surface area contributed by atoms with Crippen molar-refractivity contribution < 1.29 is 22.7 Å². The molecule has 0 atom stereocenters. The van der Waals surface area contributed by atoms with E-state index < -0.39 is 12.2 Å². The predicted octanol–water partition coefficient (Wildman–Crippen LogP) is 3.29. The lowest BCUT2D eigenvalue weighted by Crippen LogP contribution is -2.18. The average Bonchev–Trinajstić information content (AvgIpc) is 2.18. The maximum Gasteiger partial charge on any atom is 0.574 e. The van der Waals surface area contributed by atoms with Crippen molar-refractivity contribution in [1.82, 2.24) is 4.98 Å². The Kier molecular flexibility index (Phi) is 4.53. The first-order chi connectivity index (χ1) is 7.37. The molecule has 0 aliphatic carbocycles. The Balaban J connectivity index is 3.17. The second kappa shape index (κ2) is 5.30. The van der Waals surface area contributed by atoms with Gasteiger partial charge >= 0.3 is 6.36 Å². The molecule has 0 bridgehead atoms. The molecule has 88 valence electrons. The zero-order valence-corrected chi connectivity index (χ0v) is 11.3. The molecule has 0 aromatic carbocycles. The van der Waals surface area contributed by atoms with E-state index >= 15 is 0 Å². The van der Waals surface area contributed by atoms with Gasteiger partial charge in [-0.2, -0.15) is 0 Å². The number of aromatic nitrogens is 1. The second-order valence-corrected chi connectivity index (χ2v) is 4.25. The average molecular weight is 410 g/mol. The van der Waals surface area contributed by atoms with Crippen LogP contribution in [0.25, 0.3) is 0 Å². The van der Waals surface area contributed by atoms with Gasteiger partial charge in [-0.15, -0.1) is 13.2 Å². The molecule has 1 heterocycles. The van der Waals surface area contributed by atoms with E-state index in [9.17, 15) is 18.0 Å². The molecular weight excluding hydrogens is 406 g/mol. The quantitative estimate of drug-likeness (QED) is 0.437. The highest BCUT2D eigenvalue weighted by Gasteiger charge is 2.32. The molecule has 0 radical (unpaired) electrons. The minimum Gasteiger partial charge on any atom is -0.388 e. The normalized spacial score (nSPS) is 11.3. The van der Waals surface area contributed by atoms with Crippen molar-refractivity contribution in [2.24, 2.45) is 0 Å². The van der Waals surface area contributed by atoms with E-state index in [-0.39, 0.29) is 10.9 Å². The molecule has 1 rings (SSSR count). The van der Waals surface area contributed by atoms with Crippen molar-refractivity contribution in [3.63, 3.8) is 0 Å². The van der Waals surface area contributed by atoms with Gasteiger partial charge in [0.2, 0.25) is 5.88 Å². The Bertz CT molecular complexity index is 411. The summed E-state index contributed by atoms with van der Waals surface area (Å²) in [5.41, 5.74) is 0.439. The summed E-state index contributed by atoms with van der Waals surface area (Å²) in [5, 5.41) is 0.237. The molecule has 0 N–H and O–H groups in total. The molecule has 0 spiro atoms. The number of halogens is 5. The van der Waals surface area contributed by atoms with Gasteiger partial charge in [0, 0.05) is 20.5 Å². The van der Waals surface area contributed by atoms with E-state index in [0.717, 1.165) is 6.07 Å². The van der Waals surface area contributed by atoms with Gasteiger partial charge in [0.05, 0.1) is 5.69 Å². The van der Waals surface area contributed by atoms with E-state index in [0.29, 0.717) is 15.6 Å². The van der Waals surface area contributed by atoms with Gasteiger partial charge in [-0.05, 0) is 22.6 Å². The first-order valence-corrected chi connectivity index (χ1v) is 6.03. The molecule has 0 aliphatic rings. The Morgan fingerprint density at radius 3 is 2.62 bits per heavy atom. The summed E-state index contributed by atoms with van der Waals surface area (Å²) < 4.78 is 40.0. The van der Waals surface area contributed by atoms with Gasteiger partial charge in [0.15, 0.2) is 6.29 Å². The summed E-state index contributed by atoms with van der Waals surface area (Å²) in [5.74, 6) is -0.635. The molecule has 0 saturated heterocycles. The first kappa shape index (κ1) is 13.7. The third-order valence-corrected chi connectivity index (χ3v) is 3.28. The number of rotatable bonds is 3. The summed E-state index contributed by atoms with van der Waals surface area (Å²) in [4.78, 5) is 14.3. The smallest absolute Gasteiger partial charge is 0.388 e. The van der Waals surface area contributed by atoms with Gasteiger partial charge < -0.3 is 4.74 Å². The van der Waals surface area contributed by atoms with Crippen molar-refractivity contribution in [2.45, 2.75) is 11.7 Å². The number of pyridine rings is 1. The molecule has 0 fully saturated rings. The van der Waals surface area contributed by atoms with Crippen LogP contribution in [0.3, 0.4) is 0 Å². The Morgan fingerprint density at radius 1 is 1.56 bits per heavy atom. The van der Waals surface area contributed by atoms with Crippen LogP contribution in [0.4, 0.5) is 13.2 Å². The molecule has 0 saturated carbocycles. The highest BCUT2D eigenvalue weighted by Crippen LogP contribution is 2.26. The number of nitrogens with zero attached hydrogens (tertiary/aromatic N) is 1. The van der Waals surface area contributed by atoms with Crippen LogP contribution in [0, 0.1) is 3.57 Å². The number of aldehydes is 1. The fourth-order valence-corrected chi connectivity index (χ4v) is 2.45. The molecule has 0 aliphatic heterocycles. The van der Waals surface area contributed by atoms with E-state index in [4.69, 9.17) is 0 Å². The summed E-state index contributed by atoms with van der Waals surface area (Å²) in [6, 6.07) is 0.953. The maximum atomic E-state index is 11.9. The number of hydrogen-bond acceptors (Lipinski definition) is 3. The number of hydrogen-bond donors (Lipinski definition) is 0. The molecule has 1 aromatic rings. The molecular formula is C8H4BrF3INO2. The fourth-order valence-electron chi connectivity index (χ4n) is 0.923. The fraction of sp³-hybridized carbons (Fsp3) is 0.250. The lowest BCUT2D eigenvalue weighted by Gasteiger charge is -2.10. The summed E-state index contributed by atoms with van der Waals surface area (Å²) in [7, 11) is 0. The van der Waals surface area contributed by atoms with Gasteiger partial charge in [0.1, 0.15) is 0 Å². The van der Waals surface area contributed by atoms with Crippen LogP contribution in [0.15, 0.2) is 6.07 Å². The van der Waals surface area contributed by atoms with Crippen molar-refractivity contribution in [3.8, 4) is 5.88 Å². The first-order valence-electron chi connectivity index (χ1n) is 3.83. The van der Waals surface area contributed by atoms with Crippen LogP contribution in [0.1, 0.15) is 16.1 Å². The highest BCUT2D eigenvalue weighted by atomic mass is 127. The van der Waals surface area contributed by atoms with Gasteiger partial charge in [-0.3, -0.25) is 4.79 Å². The molecule has 0 unspecified atom stereocenters. The van der Waals surface area contributed by atoms with Crippen LogP contribution in [0.2, 0.25) is 0 Å². The van der Waals surface area contributed by atoms with E-state index in [1.165, 1.54) is 0 Å². The molecule has 1 aromatic heterocycles. The van der Waals surface area contributed by atoms with Crippen LogP contribution in [0.5, 0.6) is 5.88 Å². The van der Waals surface area contributed by atoms with Crippen molar-refractivity contribution in [2.75, 3.05) is 0 Å². The lowest BCUT2D eigenvalue weighted by atomic mass is 10.2. The summed E-state index contributed by atoms with van der Waals surface area (Å²) in [6.07, 6.45) is -4.36. The van der Waals surface area contributed by atoms with E-state index in [2.05, 4.69) is 25.7 Å². The number of carbonyl (C=O) groups is 1. The van der Waals surface area contributed by atoms with Gasteiger partial charge in [-0.1, -0.05) is 15.9 Å². The zero-order valence-electron chi connectivity index (χ0n) is 7.52. The molecule has 8 heteroatoms. The minimum atomic E-state index is -4.82. The van der Waals surface area contributed by atoms with E-state index in [1.807, 2.05) is 22.6 Å². The standard InChI is InChI=1S/C8H4BrF3INO2/c9-2-5-7(13)4(3-15)1-6(14-5)16-8(10,11)12/h1,3H,2H2. The molecule has 16 heavy (non-hydrogen) atoms. The summed E-state index contributed by atoms with van der Waals surface area (Å²) in [6.45, 7) is 0. The number of alkyl halides is 4. The number of carbonyl (C=O) groups excluding carboxylic acids is 1. The van der Waals surface area contributed by atoms with Crippen LogP contribution < -0.4 is 4.74 Å². The Hall–Kier alpha value is -0.380. The lowest BCUT2D eigenvalue weighted by molar-refractivity contribution is -0.276. The largest absolute Gasteiger partial charge is 0.574 e. The Morgan fingerprint density at radius 2 is 2.19 bits per heavy atom. The Labute approximate surface area is 111 Å².